The van der Waals surface area contributed by atoms with Gasteiger partial charge in [0, 0.05) is 12.1 Å². The number of hydrogen-bond acceptors (Lipinski definition) is 3. The lowest BCUT2D eigenvalue weighted by molar-refractivity contribution is -0.262. The second-order valence-electron chi connectivity index (χ2n) is 6.85. The molecule has 0 aliphatic carbocycles. The lowest BCUT2D eigenvalue weighted by atomic mass is 9.82. The topological polar surface area (TPSA) is 43.8 Å². The van der Waals surface area contributed by atoms with Crippen molar-refractivity contribution in [2.24, 2.45) is 0 Å². The van der Waals surface area contributed by atoms with Crippen LogP contribution in [0.5, 0.6) is 0 Å². The summed E-state index contributed by atoms with van der Waals surface area (Å²) in [4.78, 5) is 14.6. The highest BCUT2D eigenvalue weighted by Gasteiger charge is 2.55. The van der Waals surface area contributed by atoms with Crippen LogP contribution in [0.15, 0.2) is 0 Å². The summed E-state index contributed by atoms with van der Waals surface area (Å²) in [5, 5.41) is 11.8. The predicted octanol–water partition coefficient (Wildman–Crippen LogP) is 2.66. The third-order valence-electron chi connectivity index (χ3n) is 4.44. The SMILES string of the molecule is CCC1(C)CN(C(C)(C)C)C(=O)C(C)(CC)N1O. The van der Waals surface area contributed by atoms with Crippen LogP contribution >= 0.6 is 0 Å². The van der Waals surface area contributed by atoms with Crippen molar-refractivity contribution in [3.8, 4) is 0 Å². The summed E-state index contributed by atoms with van der Waals surface area (Å²) in [6, 6.07) is 0. The minimum Gasteiger partial charge on any atom is -0.334 e. The molecule has 0 aromatic heterocycles. The Morgan fingerprint density at radius 3 is 2.06 bits per heavy atom. The van der Waals surface area contributed by atoms with Crippen molar-refractivity contribution in [2.45, 2.75) is 77.9 Å². The van der Waals surface area contributed by atoms with E-state index in [1.807, 2.05) is 46.4 Å². The largest absolute Gasteiger partial charge is 0.334 e. The standard InChI is InChI=1S/C14H28N2O2/c1-8-13(6)10-15(12(3,4)5)11(17)14(7,9-2)16(13)18/h18H,8-10H2,1-7H3. The molecule has 1 saturated heterocycles. The third-order valence-corrected chi connectivity index (χ3v) is 4.44. The number of nitrogens with zero attached hydrogens (tertiary/aromatic N) is 2. The van der Waals surface area contributed by atoms with E-state index in [-0.39, 0.29) is 17.0 Å². The van der Waals surface area contributed by atoms with Gasteiger partial charge in [0.05, 0.1) is 5.54 Å². The lowest BCUT2D eigenvalue weighted by Crippen LogP contribution is -2.74. The highest BCUT2D eigenvalue weighted by Crippen LogP contribution is 2.38. The van der Waals surface area contributed by atoms with Crippen molar-refractivity contribution in [1.82, 2.24) is 9.96 Å². The average molecular weight is 256 g/mol. The lowest BCUT2D eigenvalue weighted by Gasteiger charge is -2.57. The van der Waals surface area contributed by atoms with Crippen LogP contribution in [-0.4, -0.2) is 44.2 Å². The van der Waals surface area contributed by atoms with Crippen LogP contribution in [0.3, 0.4) is 0 Å². The Kier molecular flexibility index (Phi) is 3.86. The summed E-state index contributed by atoms with van der Waals surface area (Å²) in [7, 11) is 0. The van der Waals surface area contributed by atoms with Gasteiger partial charge in [-0.2, -0.15) is 5.06 Å². The summed E-state index contributed by atoms with van der Waals surface area (Å²) in [5.74, 6) is 0.0194. The van der Waals surface area contributed by atoms with E-state index in [2.05, 4.69) is 6.92 Å². The molecule has 1 fully saturated rings. The molecule has 106 valence electrons. The summed E-state index contributed by atoms with van der Waals surface area (Å²) in [6.45, 7) is 14.6. The van der Waals surface area contributed by atoms with Gasteiger partial charge in [0.25, 0.3) is 0 Å². The van der Waals surface area contributed by atoms with Crippen LogP contribution in [0.1, 0.15) is 61.3 Å². The van der Waals surface area contributed by atoms with Crippen molar-refractivity contribution in [1.29, 1.82) is 0 Å². The van der Waals surface area contributed by atoms with E-state index >= 15 is 0 Å². The molecule has 0 aromatic carbocycles. The van der Waals surface area contributed by atoms with Gasteiger partial charge in [0.2, 0.25) is 5.91 Å². The van der Waals surface area contributed by atoms with E-state index in [1.165, 1.54) is 5.06 Å². The summed E-state index contributed by atoms with van der Waals surface area (Å²) >= 11 is 0. The Labute approximate surface area is 111 Å². The van der Waals surface area contributed by atoms with Crippen molar-refractivity contribution in [3.05, 3.63) is 0 Å². The number of piperazine rings is 1. The minimum atomic E-state index is -0.823. The smallest absolute Gasteiger partial charge is 0.245 e. The van der Waals surface area contributed by atoms with Crippen LogP contribution in [0.4, 0.5) is 0 Å². The zero-order chi connectivity index (χ0) is 14.4. The maximum absolute atomic E-state index is 12.7. The van der Waals surface area contributed by atoms with Crippen LogP contribution in [0.2, 0.25) is 0 Å². The van der Waals surface area contributed by atoms with Gasteiger partial charge in [-0.1, -0.05) is 13.8 Å². The molecule has 1 aliphatic rings. The molecular weight excluding hydrogens is 228 g/mol. The number of carbonyl (C=O) groups excluding carboxylic acids is 1. The Bertz CT molecular complexity index is 337. The van der Waals surface area contributed by atoms with Crippen molar-refractivity contribution in [2.75, 3.05) is 6.54 Å². The first-order valence-electron chi connectivity index (χ1n) is 6.84. The first-order valence-corrected chi connectivity index (χ1v) is 6.84. The van der Waals surface area contributed by atoms with Crippen molar-refractivity contribution < 1.29 is 10.0 Å². The first-order chi connectivity index (χ1) is 8.03. The molecule has 0 saturated carbocycles. The van der Waals surface area contributed by atoms with Crippen LogP contribution in [-0.2, 0) is 4.79 Å². The molecule has 0 spiro atoms. The molecule has 2 atom stereocenters. The number of rotatable bonds is 2. The first kappa shape index (κ1) is 15.4. The number of hydroxylamine groups is 2. The Morgan fingerprint density at radius 1 is 1.22 bits per heavy atom. The van der Waals surface area contributed by atoms with Crippen molar-refractivity contribution in [3.63, 3.8) is 0 Å². The molecule has 1 rings (SSSR count). The predicted molar refractivity (Wildman–Crippen MR) is 72.5 cm³/mol. The molecule has 1 N–H and O–H groups in total. The monoisotopic (exact) mass is 256 g/mol. The van der Waals surface area contributed by atoms with Gasteiger partial charge >= 0.3 is 0 Å². The fraction of sp³-hybridized carbons (Fsp3) is 0.929. The summed E-state index contributed by atoms with van der Waals surface area (Å²) in [5.41, 5.74) is -1.42. The zero-order valence-corrected chi connectivity index (χ0v) is 12.9. The fourth-order valence-electron chi connectivity index (χ4n) is 2.56. The molecule has 4 nitrogen and oxygen atoms in total. The van der Waals surface area contributed by atoms with E-state index in [4.69, 9.17) is 0 Å². The Hall–Kier alpha value is -0.610. The molecule has 1 heterocycles. The molecule has 18 heavy (non-hydrogen) atoms. The van der Waals surface area contributed by atoms with E-state index in [1.54, 1.807) is 0 Å². The number of carbonyl (C=O) groups is 1. The second kappa shape index (κ2) is 4.49. The van der Waals surface area contributed by atoms with Crippen LogP contribution in [0, 0.1) is 0 Å². The van der Waals surface area contributed by atoms with E-state index < -0.39 is 5.54 Å². The van der Waals surface area contributed by atoms with Gasteiger partial charge in [0.15, 0.2) is 0 Å². The van der Waals surface area contributed by atoms with Gasteiger partial charge in [-0.25, -0.2) is 0 Å². The van der Waals surface area contributed by atoms with Crippen molar-refractivity contribution >= 4 is 5.91 Å². The molecule has 1 aliphatic heterocycles. The molecule has 4 heteroatoms. The van der Waals surface area contributed by atoms with Crippen LogP contribution < -0.4 is 0 Å². The van der Waals surface area contributed by atoms with Gasteiger partial charge in [-0.3, -0.25) is 4.79 Å². The molecular formula is C14H28N2O2. The van der Waals surface area contributed by atoms with E-state index in [0.717, 1.165) is 6.42 Å². The van der Waals surface area contributed by atoms with Gasteiger partial charge in [-0.05, 0) is 47.5 Å². The Balaban J connectivity index is 3.27. The summed E-state index contributed by atoms with van der Waals surface area (Å²) in [6.07, 6.45) is 1.41. The third kappa shape index (κ3) is 2.16. The van der Waals surface area contributed by atoms with Gasteiger partial charge < -0.3 is 10.1 Å². The normalized spacial score (nSPS) is 35.1. The van der Waals surface area contributed by atoms with Gasteiger partial charge in [0.1, 0.15) is 5.54 Å². The molecule has 0 radical (unpaired) electrons. The molecule has 2 unspecified atom stereocenters. The number of amides is 1. The average Bonchev–Trinajstić information content (AvgIpc) is 2.30. The molecule has 1 amide bonds. The zero-order valence-electron chi connectivity index (χ0n) is 12.9. The second-order valence-corrected chi connectivity index (χ2v) is 6.85. The molecule has 0 bridgehead atoms. The Morgan fingerprint density at radius 2 is 1.72 bits per heavy atom. The van der Waals surface area contributed by atoms with E-state index in [9.17, 15) is 10.0 Å². The summed E-state index contributed by atoms with van der Waals surface area (Å²) < 4.78 is 0. The maximum atomic E-state index is 12.7. The maximum Gasteiger partial charge on any atom is 0.245 e. The number of hydrogen-bond donors (Lipinski definition) is 1. The highest BCUT2D eigenvalue weighted by molar-refractivity contribution is 5.87. The fourth-order valence-corrected chi connectivity index (χ4v) is 2.56. The van der Waals surface area contributed by atoms with Crippen LogP contribution in [0.25, 0.3) is 0 Å². The highest BCUT2D eigenvalue weighted by atomic mass is 16.5. The molecule has 0 aromatic rings. The van der Waals surface area contributed by atoms with E-state index in [0.29, 0.717) is 13.0 Å². The minimum absolute atomic E-state index is 0.0194. The quantitative estimate of drug-likeness (QED) is 0.826. The van der Waals surface area contributed by atoms with Gasteiger partial charge in [-0.15, -0.1) is 0 Å².